The number of aliphatic imine (C=N–C) groups is 2. The minimum Gasteiger partial charge on any atom is -0.381 e. The fourth-order valence-electron chi connectivity index (χ4n) is 1.84. The largest absolute Gasteiger partial charge is 0.381 e. The normalized spacial score (nSPS) is 11.2. The van der Waals surface area contributed by atoms with Crippen LogP contribution in [-0.2, 0) is 0 Å². The van der Waals surface area contributed by atoms with Gasteiger partial charge in [-0.2, -0.15) is 0 Å². The molecule has 0 bridgehead atoms. The molecule has 3 aromatic rings. The monoisotopic (exact) mass is 390 g/mol. The SMILES string of the molecule is Cl.Cl.NC(=Nc1ccc(N=C(N)c2ncccn2)cc1)c1ncccn1. The molecule has 0 saturated heterocycles. The van der Waals surface area contributed by atoms with Gasteiger partial charge >= 0.3 is 0 Å². The summed E-state index contributed by atoms with van der Waals surface area (Å²) >= 11 is 0. The molecule has 3 rings (SSSR count). The zero-order valence-corrected chi connectivity index (χ0v) is 15.1. The molecule has 0 aliphatic carbocycles. The molecule has 0 atom stereocenters. The van der Waals surface area contributed by atoms with Gasteiger partial charge in [0.25, 0.3) is 0 Å². The van der Waals surface area contributed by atoms with E-state index >= 15 is 0 Å². The number of halogens is 2. The lowest BCUT2D eigenvalue weighted by atomic mass is 10.3. The van der Waals surface area contributed by atoms with Crippen molar-refractivity contribution in [3.63, 3.8) is 0 Å². The lowest BCUT2D eigenvalue weighted by Crippen LogP contribution is -2.16. The Morgan fingerprint density at radius 1 is 0.615 bits per heavy atom. The Labute approximate surface area is 162 Å². The van der Waals surface area contributed by atoms with Gasteiger partial charge in [0.05, 0.1) is 11.4 Å². The van der Waals surface area contributed by atoms with E-state index in [1.54, 1.807) is 61.2 Å². The average molecular weight is 391 g/mol. The number of nitrogens with two attached hydrogens (primary N) is 2. The second-order valence-corrected chi connectivity index (χ2v) is 4.66. The van der Waals surface area contributed by atoms with E-state index in [4.69, 9.17) is 11.5 Å². The number of aromatic nitrogens is 4. The van der Waals surface area contributed by atoms with Crippen LogP contribution in [0.5, 0.6) is 0 Å². The highest BCUT2D eigenvalue weighted by atomic mass is 35.5. The maximum Gasteiger partial charge on any atom is 0.195 e. The van der Waals surface area contributed by atoms with E-state index < -0.39 is 0 Å². The molecule has 0 unspecified atom stereocenters. The van der Waals surface area contributed by atoms with Gasteiger partial charge in [-0.1, -0.05) is 0 Å². The fourth-order valence-corrected chi connectivity index (χ4v) is 1.84. The molecule has 8 nitrogen and oxygen atoms in total. The van der Waals surface area contributed by atoms with Crippen molar-refractivity contribution >= 4 is 47.9 Å². The van der Waals surface area contributed by atoms with E-state index in [1.807, 2.05) is 0 Å². The molecule has 1 aromatic carbocycles. The quantitative estimate of drug-likeness (QED) is 0.518. The van der Waals surface area contributed by atoms with Crippen LogP contribution in [0.4, 0.5) is 11.4 Å². The molecule has 4 N–H and O–H groups in total. The van der Waals surface area contributed by atoms with Crippen LogP contribution >= 0.6 is 24.8 Å². The molecule has 10 heteroatoms. The molecule has 2 aromatic heterocycles. The second kappa shape index (κ2) is 10.0. The predicted molar refractivity (Wildman–Crippen MR) is 106 cm³/mol. The van der Waals surface area contributed by atoms with Crippen LogP contribution in [0.1, 0.15) is 11.6 Å². The first-order valence-corrected chi connectivity index (χ1v) is 7.05. The highest BCUT2D eigenvalue weighted by molar-refractivity contribution is 5.96. The zero-order valence-electron chi connectivity index (χ0n) is 13.4. The topological polar surface area (TPSA) is 128 Å². The van der Waals surface area contributed by atoms with Crippen LogP contribution in [0.25, 0.3) is 0 Å². The Morgan fingerprint density at radius 2 is 0.923 bits per heavy atom. The van der Waals surface area contributed by atoms with Crippen LogP contribution in [0.3, 0.4) is 0 Å². The molecule has 0 fully saturated rings. The maximum atomic E-state index is 5.88. The van der Waals surface area contributed by atoms with Gasteiger partial charge in [0.15, 0.2) is 23.3 Å². The first kappa shape index (κ1) is 20.9. The molecule has 0 aliphatic rings. The van der Waals surface area contributed by atoms with E-state index in [0.29, 0.717) is 23.0 Å². The van der Waals surface area contributed by atoms with Crippen LogP contribution in [0, 0.1) is 0 Å². The average Bonchev–Trinajstić information content (AvgIpc) is 2.65. The van der Waals surface area contributed by atoms with Gasteiger partial charge in [-0.15, -0.1) is 24.8 Å². The smallest absolute Gasteiger partial charge is 0.195 e. The summed E-state index contributed by atoms with van der Waals surface area (Å²) in [6.45, 7) is 0. The van der Waals surface area contributed by atoms with Crippen molar-refractivity contribution in [2.45, 2.75) is 0 Å². The standard InChI is InChI=1S/C16H14N8.2ClH/c17-13(15-19-7-1-8-20-15)23-11-3-5-12(6-4-11)24-14(18)16-21-9-2-10-22-16;;/h1-10H,(H2,17,23)(H2,18,24);2*1H. The first-order valence-electron chi connectivity index (χ1n) is 7.05. The van der Waals surface area contributed by atoms with Crippen molar-refractivity contribution in [2.24, 2.45) is 21.5 Å². The van der Waals surface area contributed by atoms with Gasteiger partial charge in [0.2, 0.25) is 0 Å². The Kier molecular flexibility index (Phi) is 8.07. The van der Waals surface area contributed by atoms with Crippen LogP contribution in [0.15, 0.2) is 71.2 Å². The van der Waals surface area contributed by atoms with Gasteiger partial charge in [-0.05, 0) is 36.4 Å². The second-order valence-electron chi connectivity index (χ2n) is 4.66. The van der Waals surface area contributed by atoms with Gasteiger partial charge in [0, 0.05) is 24.8 Å². The van der Waals surface area contributed by atoms with E-state index in [2.05, 4.69) is 29.9 Å². The minimum absolute atomic E-state index is 0. The Morgan fingerprint density at radius 3 is 1.23 bits per heavy atom. The molecule has 26 heavy (non-hydrogen) atoms. The highest BCUT2D eigenvalue weighted by Gasteiger charge is 2.03. The van der Waals surface area contributed by atoms with Crippen molar-refractivity contribution in [1.29, 1.82) is 0 Å². The van der Waals surface area contributed by atoms with Crippen molar-refractivity contribution in [3.8, 4) is 0 Å². The number of benzene rings is 1. The Hall–Kier alpha value is -3.10. The number of amidine groups is 2. The molecule has 0 amide bonds. The molecule has 2 heterocycles. The van der Waals surface area contributed by atoms with E-state index in [1.165, 1.54) is 0 Å². The first-order chi connectivity index (χ1) is 11.7. The third kappa shape index (κ3) is 5.47. The van der Waals surface area contributed by atoms with E-state index in [0.717, 1.165) is 0 Å². The summed E-state index contributed by atoms with van der Waals surface area (Å²) in [7, 11) is 0. The van der Waals surface area contributed by atoms with Crippen LogP contribution in [-0.4, -0.2) is 31.6 Å². The van der Waals surface area contributed by atoms with Crippen LogP contribution in [0.2, 0.25) is 0 Å². The molecule has 134 valence electrons. The predicted octanol–water partition coefficient (Wildman–Crippen LogP) is 2.18. The van der Waals surface area contributed by atoms with E-state index in [9.17, 15) is 0 Å². The summed E-state index contributed by atoms with van der Waals surface area (Å²) < 4.78 is 0. The summed E-state index contributed by atoms with van der Waals surface area (Å²) in [5, 5.41) is 0. The van der Waals surface area contributed by atoms with Gasteiger partial charge in [0.1, 0.15) is 0 Å². The molecule has 0 spiro atoms. The van der Waals surface area contributed by atoms with Gasteiger partial charge in [-0.3, -0.25) is 0 Å². The molecule has 0 saturated carbocycles. The summed E-state index contributed by atoms with van der Waals surface area (Å²) in [6.07, 6.45) is 6.43. The van der Waals surface area contributed by atoms with Crippen molar-refractivity contribution in [3.05, 3.63) is 72.8 Å². The number of hydrogen-bond donors (Lipinski definition) is 2. The molecule has 0 radical (unpaired) electrons. The Bertz CT molecular complexity index is 793. The summed E-state index contributed by atoms with van der Waals surface area (Å²) in [6, 6.07) is 10.5. The summed E-state index contributed by atoms with van der Waals surface area (Å²) in [4.78, 5) is 24.7. The zero-order chi connectivity index (χ0) is 16.8. The van der Waals surface area contributed by atoms with Crippen molar-refractivity contribution in [1.82, 2.24) is 19.9 Å². The number of hydrogen-bond acceptors (Lipinski definition) is 6. The fraction of sp³-hybridized carbons (Fsp3) is 0. The van der Waals surface area contributed by atoms with E-state index in [-0.39, 0.29) is 36.5 Å². The molecule has 0 aliphatic heterocycles. The minimum atomic E-state index is 0. The molecular formula is C16H16Cl2N8. The third-order valence-corrected chi connectivity index (χ3v) is 2.94. The number of nitrogens with zero attached hydrogens (tertiary/aromatic N) is 6. The van der Waals surface area contributed by atoms with Gasteiger partial charge in [-0.25, -0.2) is 29.9 Å². The molecular weight excluding hydrogens is 375 g/mol. The third-order valence-electron chi connectivity index (χ3n) is 2.94. The van der Waals surface area contributed by atoms with Gasteiger partial charge < -0.3 is 11.5 Å². The summed E-state index contributed by atoms with van der Waals surface area (Å²) in [5.74, 6) is 1.24. The van der Waals surface area contributed by atoms with Crippen molar-refractivity contribution in [2.75, 3.05) is 0 Å². The summed E-state index contributed by atoms with van der Waals surface area (Å²) in [5.41, 5.74) is 13.1. The van der Waals surface area contributed by atoms with Crippen LogP contribution < -0.4 is 11.5 Å². The Balaban J connectivity index is 0.00000169. The maximum absolute atomic E-state index is 5.88. The lowest BCUT2D eigenvalue weighted by Gasteiger charge is -2.01. The number of rotatable bonds is 4. The van der Waals surface area contributed by atoms with Crippen molar-refractivity contribution < 1.29 is 0 Å². The lowest BCUT2D eigenvalue weighted by molar-refractivity contribution is 1.12. The highest BCUT2D eigenvalue weighted by Crippen LogP contribution is 2.19.